The Hall–Kier alpha value is -3.47. The van der Waals surface area contributed by atoms with E-state index in [1.807, 2.05) is 31.2 Å². The molecule has 0 saturated heterocycles. The van der Waals surface area contributed by atoms with Crippen molar-refractivity contribution in [2.45, 2.75) is 33.7 Å². The van der Waals surface area contributed by atoms with Crippen LogP contribution in [0.4, 0.5) is 5.69 Å². The Labute approximate surface area is 163 Å². The fraction of sp³-hybridized carbons (Fsp3) is 0.350. The predicted octanol–water partition coefficient (Wildman–Crippen LogP) is 3.81. The van der Waals surface area contributed by atoms with Gasteiger partial charge in [-0.15, -0.1) is 5.10 Å². The molecule has 0 radical (unpaired) electrons. The maximum atomic E-state index is 11.9. The monoisotopic (exact) mass is 378 g/mol. The van der Waals surface area contributed by atoms with Gasteiger partial charge in [0.25, 0.3) is 0 Å². The van der Waals surface area contributed by atoms with Crippen molar-refractivity contribution >= 4 is 11.7 Å². The van der Waals surface area contributed by atoms with Crippen LogP contribution >= 0.6 is 0 Å². The van der Waals surface area contributed by atoms with Crippen LogP contribution < -0.4 is 0 Å². The molecule has 3 aromatic rings. The molecule has 8 heteroatoms. The first-order chi connectivity index (χ1) is 13.4. The molecule has 1 N–H and O–H groups in total. The summed E-state index contributed by atoms with van der Waals surface area (Å²) in [4.78, 5) is 15.5. The molecule has 3 rings (SSSR count). The molecule has 0 aliphatic carbocycles. The molecule has 2 heterocycles. The first kappa shape index (κ1) is 19.3. The lowest BCUT2D eigenvalue weighted by Crippen LogP contribution is -2.08. The van der Waals surface area contributed by atoms with Crippen molar-refractivity contribution in [3.63, 3.8) is 0 Å². The van der Waals surface area contributed by atoms with Crippen LogP contribution in [0.3, 0.4) is 0 Å². The molecular formula is C20H22N6O2. The first-order valence-corrected chi connectivity index (χ1v) is 9.08. The van der Waals surface area contributed by atoms with E-state index < -0.39 is 5.97 Å². The van der Waals surface area contributed by atoms with Gasteiger partial charge in [0.15, 0.2) is 5.82 Å². The number of aromatic nitrogens is 5. The van der Waals surface area contributed by atoms with E-state index in [9.17, 15) is 9.90 Å². The lowest BCUT2D eigenvalue weighted by molar-refractivity contribution is 0.0687. The summed E-state index contributed by atoms with van der Waals surface area (Å²) in [5.74, 6) is 0.0103. The van der Waals surface area contributed by atoms with Crippen molar-refractivity contribution in [1.29, 1.82) is 0 Å². The minimum Gasteiger partial charge on any atom is -0.477 e. The average molecular weight is 378 g/mol. The molecular weight excluding hydrogens is 356 g/mol. The van der Waals surface area contributed by atoms with Crippen molar-refractivity contribution in [2.75, 3.05) is 0 Å². The number of nitrogens with zero attached hydrogens (tertiary/aromatic N) is 6. The highest BCUT2D eigenvalue weighted by Crippen LogP contribution is 2.39. The van der Waals surface area contributed by atoms with E-state index in [4.69, 9.17) is 6.57 Å². The topological polar surface area (TPSA) is 90.2 Å². The van der Waals surface area contributed by atoms with E-state index in [2.05, 4.69) is 34.2 Å². The van der Waals surface area contributed by atoms with Gasteiger partial charge in [-0.3, -0.25) is 0 Å². The molecule has 8 nitrogen and oxygen atoms in total. The molecule has 0 atom stereocenters. The van der Waals surface area contributed by atoms with Crippen molar-refractivity contribution in [2.24, 2.45) is 13.0 Å². The second-order valence-electron chi connectivity index (χ2n) is 7.00. The third-order valence-electron chi connectivity index (χ3n) is 4.64. The van der Waals surface area contributed by atoms with E-state index in [0.717, 1.165) is 5.56 Å². The molecule has 0 fully saturated rings. The van der Waals surface area contributed by atoms with E-state index in [1.165, 1.54) is 0 Å². The Balaban J connectivity index is 2.10. The third kappa shape index (κ3) is 3.27. The molecule has 0 spiro atoms. The summed E-state index contributed by atoms with van der Waals surface area (Å²) >= 11 is 0. The minimum atomic E-state index is -1.05. The number of rotatable bonds is 6. The number of hydrogen-bond acceptors (Lipinski definition) is 4. The third-order valence-corrected chi connectivity index (χ3v) is 4.64. The second kappa shape index (κ2) is 7.64. The van der Waals surface area contributed by atoms with Crippen LogP contribution in [0.5, 0.6) is 0 Å². The fourth-order valence-corrected chi connectivity index (χ4v) is 3.43. The van der Waals surface area contributed by atoms with Crippen LogP contribution in [0.15, 0.2) is 24.3 Å². The number of tetrazole rings is 1. The van der Waals surface area contributed by atoms with Gasteiger partial charge in [-0.05, 0) is 28.3 Å². The van der Waals surface area contributed by atoms with Crippen LogP contribution in [0, 0.1) is 12.5 Å². The predicted molar refractivity (Wildman–Crippen MR) is 105 cm³/mol. The van der Waals surface area contributed by atoms with Crippen LogP contribution in [0.1, 0.15) is 37.0 Å². The second-order valence-corrected chi connectivity index (χ2v) is 7.00. The number of carboxylic acid groups (broad SMARTS) is 1. The van der Waals surface area contributed by atoms with E-state index >= 15 is 0 Å². The number of carbonyl (C=O) groups is 1. The van der Waals surface area contributed by atoms with Gasteiger partial charge in [-0.25, -0.2) is 14.3 Å². The maximum absolute atomic E-state index is 11.9. The molecule has 0 amide bonds. The summed E-state index contributed by atoms with van der Waals surface area (Å²) in [6.45, 7) is 14.4. The summed E-state index contributed by atoms with van der Waals surface area (Å²) in [7, 11) is 1.69. The quantitative estimate of drug-likeness (QED) is 0.659. The molecule has 0 aliphatic rings. The minimum absolute atomic E-state index is 0.125. The lowest BCUT2D eigenvalue weighted by atomic mass is 10.0. The number of hydrogen-bond donors (Lipinski definition) is 1. The zero-order valence-corrected chi connectivity index (χ0v) is 16.3. The van der Waals surface area contributed by atoms with Gasteiger partial charge in [0.1, 0.15) is 5.69 Å². The van der Waals surface area contributed by atoms with Crippen LogP contribution in [-0.2, 0) is 20.0 Å². The Morgan fingerprint density at radius 2 is 1.89 bits per heavy atom. The Morgan fingerprint density at radius 3 is 2.43 bits per heavy atom. The number of benzene rings is 1. The van der Waals surface area contributed by atoms with Gasteiger partial charge in [0.05, 0.1) is 6.57 Å². The lowest BCUT2D eigenvalue weighted by Gasteiger charge is -2.08. The van der Waals surface area contributed by atoms with Gasteiger partial charge >= 0.3 is 5.97 Å². The molecule has 0 aliphatic heterocycles. The van der Waals surface area contributed by atoms with Crippen LogP contribution in [0.2, 0.25) is 0 Å². The molecule has 0 saturated carbocycles. The number of carboxylic acids is 1. The molecule has 0 unspecified atom stereocenters. The summed E-state index contributed by atoms with van der Waals surface area (Å²) in [5.41, 5.74) is 3.20. The van der Waals surface area contributed by atoms with Crippen molar-refractivity contribution < 1.29 is 9.90 Å². The summed E-state index contributed by atoms with van der Waals surface area (Å²) in [6.07, 6.45) is 0.580. The molecule has 0 bridgehead atoms. The van der Waals surface area contributed by atoms with Gasteiger partial charge in [0, 0.05) is 30.4 Å². The SMILES string of the molecule is [C-]#[N+]c1c(-c2ccc(-c3nnnn3CC(C)C)cc2)c(C(=O)O)n(C)c1CC. The summed E-state index contributed by atoms with van der Waals surface area (Å²) < 4.78 is 3.35. The van der Waals surface area contributed by atoms with Crippen molar-refractivity contribution in [1.82, 2.24) is 24.8 Å². The van der Waals surface area contributed by atoms with Gasteiger partial charge in [-0.1, -0.05) is 45.0 Å². The highest BCUT2D eigenvalue weighted by molar-refractivity contribution is 6.00. The molecule has 2 aromatic heterocycles. The highest BCUT2D eigenvalue weighted by Gasteiger charge is 2.25. The zero-order chi connectivity index (χ0) is 20.4. The molecule has 28 heavy (non-hydrogen) atoms. The molecule has 144 valence electrons. The van der Waals surface area contributed by atoms with Crippen molar-refractivity contribution in [3.8, 4) is 22.5 Å². The van der Waals surface area contributed by atoms with E-state index in [-0.39, 0.29) is 5.69 Å². The van der Waals surface area contributed by atoms with Crippen LogP contribution in [-0.4, -0.2) is 35.9 Å². The highest BCUT2D eigenvalue weighted by atomic mass is 16.4. The van der Waals surface area contributed by atoms with Gasteiger partial charge in [0.2, 0.25) is 5.69 Å². The maximum Gasteiger partial charge on any atom is 0.351 e. The summed E-state index contributed by atoms with van der Waals surface area (Å²) in [6, 6.07) is 7.35. The largest absolute Gasteiger partial charge is 0.477 e. The zero-order valence-electron chi connectivity index (χ0n) is 16.3. The van der Waals surface area contributed by atoms with Gasteiger partial charge < -0.3 is 9.67 Å². The van der Waals surface area contributed by atoms with E-state index in [1.54, 1.807) is 16.3 Å². The standard InChI is InChI=1S/C20H22N6O2/c1-6-15-17(21-4)16(18(20(27)28)25(15)5)13-7-9-14(10-8-13)19-22-23-24-26(19)11-12(2)3/h7-10,12H,6,11H2,1-3,5H3,(H,27,28). The van der Waals surface area contributed by atoms with Crippen LogP contribution in [0.25, 0.3) is 27.4 Å². The van der Waals surface area contributed by atoms with E-state index in [0.29, 0.717) is 47.2 Å². The Bertz CT molecular complexity index is 1050. The Kier molecular flexibility index (Phi) is 5.27. The normalized spacial score (nSPS) is 11.0. The Morgan fingerprint density at radius 1 is 1.25 bits per heavy atom. The number of aromatic carboxylic acids is 1. The summed E-state index contributed by atoms with van der Waals surface area (Å²) in [5, 5.41) is 21.6. The smallest absolute Gasteiger partial charge is 0.351 e. The first-order valence-electron chi connectivity index (χ1n) is 9.08. The average Bonchev–Trinajstić information content (AvgIpc) is 3.22. The van der Waals surface area contributed by atoms with Crippen molar-refractivity contribution in [3.05, 3.63) is 47.1 Å². The fourth-order valence-electron chi connectivity index (χ4n) is 3.43. The van der Waals surface area contributed by atoms with Gasteiger partial charge in [-0.2, -0.15) is 0 Å². The molecule has 1 aromatic carbocycles.